The lowest BCUT2D eigenvalue weighted by Crippen LogP contribution is -2.35. The maximum atomic E-state index is 9.87. The molecule has 0 radical (unpaired) electrons. The molecule has 1 fully saturated rings. The highest BCUT2D eigenvalue weighted by Gasteiger charge is 2.35. The first-order chi connectivity index (χ1) is 8.15. The Labute approximate surface area is 104 Å². The smallest absolute Gasteiger partial charge is 0.140 e. The molecule has 6 heteroatoms. The van der Waals surface area contributed by atoms with Crippen molar-refractivity contribution in [2.45, 2.75) is 16.9 Å². The van der Waals surface area contributed by atoms with Gasteiger partial charge >= 0.3 is 0 Å². The van der Waals surface area contributed by atoms with E-state index in [0.29, 0.717) is 18.7 Å². The summed E-state index contributed by atoms with van der Waals surface area (Å²) in [6, 6.07) is 5.45. The van der Waals surface area contributed by atoms with E-state index in [1.54, 1.807) is 12.3 Å². The van der Waals surface area contributed by atoms with Crippen molar-refractivity contribution in [2.24, 2.45) is 0 Å². The Morgan fingerprint density at radius 1 is 1.59 bits per heavy atom. The van der Waals surface area contributed by atoms with Gasteiger partial charge in [-0.25, -0.2) is 9.29 Å². The molecule has 90 valence electrons. The first-order valence-electron chi connectivity index (χ1n) is 5.27. The monoisotopic (exact) mass is 251 g/mol. The van der Waals surface area contributed by atoms with Crippen LogP contribution < -0.4 is 0 Å². The van der Waals surface area contributed by atoms with E-state index in [1.807, 2.05) is 16.4 Å². The molecular weight excluding hydrogens is 238 g/mol. The summed E-state index contributed by atoms with van der Waals surface area (Å²) in [7, 11) is 0. The van der Waals surface area contributed by atoms with Crippen molar-refractivity contribution in [1.29, 1.82) is 5.26 Å². The lowest BCUT2D eigenvalue weighted by molar-refractivity contribution is -0.000268. The van der Waals surface area contributed by atoms with E-state index in [4.69, 9.17) is 10.4 Å². The minimum atomic E-state index is -0.979. The normalized spacial score (nSPS) is 24.8. The molecule has 1 saturated heterocycles. The van der Waals surface area contributed by atoms with Gasteiger partial charge in [0.05, 0.1) is 6.61 Å². The van der Waals surface area contributed by atoms with Crippen molar-refractivity contribution in [3.8, 4) is 6.07 Å². The van der Waals surface area contributed by atoms with E-state index in [1.165, 1.54) is 11.9 Å². The fourth-order valence-electron chi connectivity index (χ4n) is 1.68. The minimum absolute atomic E-state index is 0.213. The number of β-amino-alcohol motifs (C(OH)–C–C–N with tert-alkyl or cyclic N) is 1. The zero-order valence-corrected chi connectivity index (χ0v) is 10.0. The standard InChI is InChI=1S/C11H13N3O2S/c12-5-9-1-2-10(6-13-9)17-14-4-3-11(16,7-14)8-15/h1-2,6,15-16H,3-4,7-8H2. The summed E-state index contributed by atoms with van der Waals surface area (Å²) in [5, 5.41) is 27.5. The molecule has 2 heterocycles. The van der Waals surface area contributed by atoms with Crippen LogP contribution in [0.3, 0.4) is 0 Å². The molecule has 1 aliphatic heterocycles. The molecular formula is C11H13N3O2S. The number of hydrogen-bond donors (Lipinski definition) is 2. The molecule has 1 aliphatic rings. The molecule has 1 aromatic heterocycles. The topological polar surface area (TPSA) is 80.4 Å². The quantitative estimate of drug-likeness (QED) is 0.756. The van der Waals surface area contributed by atoms with Gasteiger partial charge in [0.2, 0.25) is 0 Å². The molecule has 2 rings (SSSR count). The van der Waals surface area contributed by atoms with Crippen molar-refractivity contribution in [3.05, 3.63) is 24.0 Å². The predicted octanol–water partition coefficient (Wildman–Crippen LogP) is 0.389. The second-order valence-electron chi connectivity index (χ2n) is 4.08. The van der Waals surface area contributed by atoms with Crippen LogP contribution in [0.5, 0.6) is 0 Å². The van der Waals surface area contributed by atoms with Crippen LogP contribution in [0.15, 0.2) is 23.2 Å². The number of nitriles is 1. The maximum absolute atomic E-state index is 9.87. The zero-order chi connectivity index (χ0) is 12.3. The Morgan fingerprint density at radius 3 is 2.94 bits per heavy atom. The third-order valence-electron chi connectivity index (χ3n) is 2.68. The van der Waals surface area contributed by atoms with Crippen LogP contribution in [0, 0.1) is 11.3 Å². The highest BCUT2D eigenvalue weighted by atomic mass is 32.2. The maximum Gasteiger partial charge on any atom is 0.140 e. The average molecular weight is 251 g/mol. The van der Waals surface area contributed by atoms with Gasteiger partial charge in [-0.1, -0.05) is 0 Å². The van der Waals surface area contributed by atoms with Crippen LogP contribution in [0.25, 0.3) is 0 Å². The van der Waals surface area contributed by atoms with Gasteiger partial charge in [-0.15, -0.1) is 0 Å². The lowest BCUT2D eigenvalue weighted by Gasteiger charge is -2.19. The number of hydrogen-bond acceptors (Lipinski definition) is 6. The van der Waals surface area contributed by atoms with Crippen molar-refractivity contribution >= 4 is 11.9 Å². The lowest BCUT2D eigenvalue weighted by atomic mass is 10.1. The van der Waals surface area contributed by atoms with Crippen LogP contribution in [0.1, 0.15) is 12.1 Å². The van der Waals surface area contributed by atoms with E-state index in [-0.39, 0.29) is 6.61 Å². The van der Waals surface area contributed by atoms with Crippen molar-refractivity contribution in [1.82, 2.24) is 9.29 Å². The van der Waals surface area contributed by atoms with Gasteiger partial charge in [0.15, 0.2) is 0 Å². The van der Waals surface area contributed by atoms with Gasteiger partial charge in [-0.2, -0.15) is 5.26 Å². The number of rotatable bonds is 3. The van der Waals surface area contributed by atoms with Crippen molar-refractivity contribution < 1.29 is 10.2 Å². The van der Waals surface area contributed by atoms with E-state index in [2.05, 4.69) is 4.98 Å². The molecule has 0 aliphatic carbocycles. The van der Waals surface area contributed by atoms with Crippen molar-refractivity contribution in [3.63, 3.8) is 0 Å². The molecule has 0 aromatic carbocycles. The molecule has 0 saturated carbocycles. The number of aliphatic hydroxyl groups is 2. The fourth-order valence-corrected chi connectivity index (χ4v) is 2.69. The van der Waals surface area contributed by atoms with E-state index in [9.17, 15) is 5.11 Å². The summed E-state index contributed by atoms with van der Waals surface area (Å²) in [6.45, 7) is 0.950. The number of aromatic nitrogens is 1. The summed E-state index contributed by atoms with van der Waals surface area (Å²) in [4.78, 5) is 4.90. The van der Waals surface area contributed by atoms with E-state index in [0.717, 1.165) is 11.4 Å². The van der Waals surface area contributed by atoms with Crippen LogP contribution in [0.2, 0.25) is 0 Å². The Hall–Kier alpha value is -1.13. The zero-order valence-electron chi connectivity index (χ0n) is 9.20. The predicted molar refractivity (Wildman–Crippen MR) is 63.0 cm³/mol. The number of nitrogens with zero attached hydrogens (tertiary/aromatic N) is 3. The van der Waals surface area contributed by atoms with Gasteiger partial charge < -0.3 is 10.2 Å². The Morgan fingerprint density at radius 2 is 2.41 bits per heavy atom. The summed E-state index contributed by atoms with van der Waals surface area (Å²) < 4.78 is 1.99. The third kappa shape index (κ3) is 2.96. The first kappa shape index (κ1) is 12.3. The van der Waals surface area contributed by atoms with E-state index >= 15 is 0 Å². The minimum Gasteiger partial charge on any atom is -0.393 e. The highest BCUT2D eigenvalue weighted by Crippen LogP contribution is 2.30. The Bertz CT molecular complexity index is 431. The Balaban J connectivity index is 1.96. The van der Waals surface area contributed by atoms with Crippen LogP contribution >= 0.6 is 11.9 Å². The van der Waals surface area contributed by atoms with Crippen LogP contribution in [-0.2, 0) is 0 Å². The second-order valence-corrected chi connectivity index (χ2v) is 5.25. The van der Waals surface area contributed by atoms with Gasteiger partial charge in [0.25, 0.3) is 0 Å². The largest absolute Gasteiger partial charge is 0.393 e. The fraction of sp³-hybridized carbons (Fsp3) is 0.455. The molecule has 2 N–H and O–H groups in total. The second kappa shape index (κ2) is 5.02. The summed E-state index contributed by atoms with van der Waals surface area (Å²) in [5.41, 5.74) is -0.588. The molecule has 0 spiro atoms. The van der Waals surface area contributed by atoms with Crippen molar-refractivity contribution in [2.75, 3.05) is 19.7 Å². The first-order valence-corrected chi connectivity index (χ1v) is 6.05. The molecule has 1 aromatic rings. The Kier molecular flexibility index (Phi) is 3.64. The number of aliphatic hydroxyl groups excluding tert-OH is 1. The molecule has 5 nitrogen and oxygen atoms in total. The SMILES string of the molecule is N#Cc1ccc(SN2CCC(O)(CO)C2)cn1. The number of pyridine rings is 1. The van der Waals surface area contributed by atoms with Crippen LogP contribution in [-0.4, -0.2) is 44.8 Å². The summed E-state index contributed by atoms with van der Waals surface area (Å²) >= 11 is 1.48. The average Bonchev–Trinajstić information content (AvgIpc) is 2.73. The molecule has 0 amide bonds. The highest BCUT2D eigenvalue weighted by molar-refractivity contribution is 7.97. The molecule has 17 heavy (non-hydrogen) atoms. The molecule has 1 unspecified atom stereocenters. The van der Waals surface area contributed by atoms with Gasteiger partial charge in [-0.05, 0) is 30.5 Å². The van der Waals surface area contributed by atoms with Gasteiger partial charge in [0, 0.05) is 24.2 Å². The summed E-state index contributed by atoms with van der Waals surface area (Å²) in [6.07, 6.45) is 2.21. The summed E-state index contributed by atoms with van der Waals surface area (Å²) in [5.74, 6) is 0. The molecule has 0 bridgehead atoms. The molecule has 1 atom stereocenters. The van der Waals surface area contributed by atoms with Gasteiger partial charge in [0.1, 0.15) is 17.4 Å². The van der Waals surface area contributed by atoms with E-state index < -0.39 is 5.60 Å². The van der Waals surface area contributed by atoms with Gasteiger partial charge in [-0.3, -0.25) is 0 Å². The third-order valence-corrected chi connectivity index (χ3v) is 3.70. The van der Waals surface area contributed by atoms with Crippen LogP contribution in [0.4, 0.5) is 0 Å².